The Hall–Kier alpha value is -4.51. The van der Waals surface area contributed by atoms with Crippen LogP contribution in [-0.2, 0) is 46.5 Å². The molecule has 2 aromatic carbocycles. The molecule has 2 atom stereocenters. The fourth-order valence-corrected chi connectivity index (χ4v) is 9.33. The number of carbonyl (C=O) groups is 8. The molecule has 414 valence electrons. The van der Waals surface area contributed by atoms with E-state index in [9.17, 15) is 58.8 Å². The van der Waals surface area contributed by atoms with Crippen molar-refractivity contribution in [2.45, 2.75) is 70.5 Å². The zero-order valence-electron chi connectivity index (χ0n) is 42.3. The van der Waals surface area contributed by atoms with Crippen LogP contribution >= 0.6 is 36.2 Å². The van der Waals surface area contributed by atoms with Crippen LogP contribution in [0.15, 0.2) is 42.5 Å². The molecule has 0 spiro atoms. The third kappa shape index (κ3) is 24.6. The summed E-state index contributed by atoms with van der Waals surface area (Å²) in [6.45, 7) is 3.96. The molecule has 2 aliphatic rings. The number of unbranched alkanes of at least 4 members (excludes halogenated alkanes) is 1. The third-order valence-electron chi connectivity index (χ3n) is 12.4. The summed E-state index contributed by atoms with van der Waals surface area (Å²) in [5.41, 5.74) is 3.46. The zero-order chi connectivity index (χ0) is 54.2. The summed E-state index contributed by atoms with van der Waals surface area (Å²) in [6.07, 6.45) is 3.22. The number of rotatable bonds is 26. The number of benzene rings is 2. The van der Waals surface area contributed by atoms with Gasteiger partial charge in [-0.2, -0.15) is 11.8 Å². The number of carboxylic acid groups (broad SMARTS) is 4. The molecule has 9 N–H and O–H groups in total. The standard InChI is InChI=1S/C49H70N10O12S3.Gd/c1-33(72)51-35-9-11-36(12-10-35)52-49(73)50-17-4-3-8-40(48(70)71)53-42(61)14-13-41(60)39(16-27-74-2)54-47(69)38-7-5-6-34-28-59(18-15-37(34)38)43(62)29-55-19-21-56(30-44(63)64)23-25-58(32-46(67)68)26-24-57(22-20-55)31-45(65)66;/h5-7,9-12,39-40H,3-4,8,13-32H2,1-2H3,(H,51,72)(H,53,61)(H,54,69)(H,63,64)(H,65,66)(H,67,68)(H,70,71)(H2,50,52,73);/t39-,40-;/m0./s1. The van der Waals surface area contributed by atoms with Gasteiger partial charge in [-0.05, 0) is 105 Å². The van der Waals surface area contributed by atoms with E-state index in [0.29, 0.717) is 53.6 Å². The summed E-state index contributed by atoms with van der Waals surface area (Å²) in [5, 5.41) is 53.5. The van der Waals surface area contributed by atoms with Crippen molar-refractivity contribution in [3.8, 4) is 0 Å². The molecule has 4 rings (SSSR count). The van der Waals surface area contributed by atoms with E-state index >= 15 is 0 Å². The second kappa shape index (κ2) is 34.3. The van der Waals surface area contributed by atoms with Crippen LogP contribution in [0.25, 0.3) is 0 Å². The van der Waals surface area contributed by atoms with E-state index in [1.54, 1.807) is 38.7 Å². The van der Waals surface area contributed by atoms with Gasteiger partial charge in [0.25, 0.3) is 5.91 Å². The Kier molecular flexibility index (Phi) is 29.6. The Morgan fingerprint density at radius 2 is 1.19 bits per heavy atom. The van der Waals surface area contributed by atoms with Crippen molar-refractivity contribution < 1.29 is 98.7 Å². The first-order chi connectivity index (χ1) is 35.3. The summed E-state index contributed by atoms with van der Waals surface area (Å²) < 4.78 is 0. The van der Waals surface area contributed by atoms with Gasteiger partial charge < -0.3 is 51.9 Å². The normalized spacial score (nSPS) is 15.7. The fourth-order valence-electron chi connectivity index (χ4n) is 8.52. The third-order valence-corrected chi connectivity index (χ3v) is 13.4. The quantitative estimate of drug-likeness (QED) is 0.0479. The summed E-state index contributed by atoms with van der Waals surface area (Å²) in [7, 11) is 0. The largest absolute Gasteiger partial charge is 0.480 e. The molecule has 75 heavy (non-hydrogen) atoms. The van der Waals surface area contributed by atoms with Crippen LogP contribution < -0.4 is 26.6 Å². The molecule has 0 bridgehead atoms. The Bertz CT molecular complexity index is 2270. The smallest absolute Gasteiger partial charge is 0.326 e. The molecular weight excluding hydrogens is 1170 g/mol. The van der Waals surface area contributed by atoms with Gasteiger partial charge >= 0.3 is 23.9 Å². The molecule has 0 aliphatic carbocycles. The minimum absolute atomic E-state index is 0. The molecule has 3 amide bonds. The van der Waals surface area contributed by atoms with Gasteiger partial charge in [0.2, 0.25) is 11.8 Å². The van der Waals surface area contributed by atoms with Crippen LogP contribution in [0.4, 0.5) is 11.4 Å². The minimum Gasteiger partial charge on any atom is -0.480 e. The molecule has 0 radical (unpaired) electrons. The number of nitrogens with zero attached hydrogens (tertiary/aromatic N) is 5. The number of thiocarbonyl (C=S) groups is 2. The predicted molar refractivity (Wildman–Crippen MR) is 289 cm³/mol. The SMILES string of the molecule is CSCC[C@H](NC(=O)c1cccc2c1CCN(C(=O)CN1CCN(CC(=O)O)CCN(CC(=O)O)CCN(CC(=O)O)CC1)C2)C(=O)CCC(=O)N[C@@H](CCCCNC(=S)Nc1ccc(NC(C)=S)cc1)C(=O)O.[Gd]. The van der Waals surface area contributed by atoms with Gasteiger partial charge in [0.15, 0.2) is 10.9 Å². The summed E-state index contributed by atoms with van der Waals surface area (Å²) in [5.74, 6) is -5.47. The van der Waals surface area contributed by atoms with E-state index in [2.05, 4.69) is 26.6 Å². The fraction of sp³-hybridized carbons (Fsp3) is 0.551. The van der Waals surface area contributed by atoms with Gasteiger partial charge in [-0.3, -0.25) is 53.2 Å². The van der Waals surface area contributed by atoms with Crippen molar-refractivity contribution in [2.75, 3.05) is 114 Å². The first kappa shape index (κ1) is 64.8. The van der Waals surface area contributed by atoms with Gasteiger partial charge in [0, 0.05) is 142 Å². The van der Waals surface area contributed by atoms with E-state index in [0.717, 1.165) is 22.5 Å². The van der Waals surface area contributed by atoms with Crippen LogP contribution in [-0.4, -0.2) is 218 Å². The van der Waals surface area contributed by atoms with Crippen molar-refractivity contribution in [3.63, 3.8) is 0 Å². The zero-order valence-corrected chi connectivity index (χ0v) is 47.0. The Labute approximate surface area is 484 Å². The average molecular weight is 1240 g/mol. The maximum atomic E-state index is 13.9. The van der Waals surface area contributed by atoms with Crippen LogP contribution in [0, 0.1) is 39.9 Å². The van der Waals surface area contributed by atoms with E-state index in [1.165, 1.54) is 11.8 Å². The van der Waals surface area contributed by atoms with Gasteiger partial charge in [-0.25, -0.2) is 4.79 Å². The van der Waals surface area contributed by atoms with Gasteiger partial charge in [0.05, 0.1) is 37.2 Å². The first-order valence-electron chi connectivity index (χ1n) is 24.5. The number of fused-ring (bicyclic) bond motifs is 1. The molecule has 0 aromatic heterocycles. The van der Waals surface area contributed by atoms with E-state index in [4.69, 9.17) is 24.4 Å². The summed E-state index contributed by atoms with van der Waals surface area (Å²) >= 11 is 11.9. The predicted octanol–water partition coefficient (Wildman–Crippen LogP) is 1.73. The molecular formula is C49H70GdN10O12S3. The van der Waals surface area contributed by atoms with Crippen molar-refractivity contribution >= 4 is 105 Å². The number of nitrogens with one attached hydrogen (secondary N) is 5. The second-order valence-corrected chi connectivity index (χ2v) is 20.2. The Morgan fingerprint density at radius 3 is 1.69 bits per heavy atom. The van der Waals surface area contributed by atoms with E-state index in [1.807, 2.05) is 41.5 Å². The van der Waals surface area contributed by atoms with E-state index < -0.39 is 47.8 Å². The number of anilines is 2. The number of amides is 3. The molecule has 2 aromatic rings. The number of hydrogen-bond acceptors (Lipinski definition) is 15. The number of hydrogen-bond donors (Lipinski definition) is 9. The van der Waals surface area contributed by atoms with Crippen molar-refractivity contribution in [1.29, 1.82) is 0 Å². The van der Waals surface area contributed by atoms with Crippen molar-refractivity contribution in [3.05, 3.63) is 59.2 Å². The molecule has 1 saturated heterocycles. The average Bonchev–Trinajstić information content (AvgIpc) is 3.34. The topological polar surface area (TPSA) is 294 Å². The number of ketones is 1. The summed E-state index contributed by atoms with van der Waals surface area (Å²) in [4.78, 5) is 111. The maximum Gasteiger partial charge on any atom is 0.326 e. The molecule has 2 aliphatic heterocycles. The number of thioether (sulfide) groups is 1. The number of carbonyl (C=O) groups excluding carboxylic acids is 4. The molecule has 26 heteroatoms. The maximum absolute atomic E-state index is 13.9. The van der Waals surface area contributed by atoms with Gasteiger partial charge in [-0.1, -0.05) is 24.4 Å². The second-order valence-electron chi connectivity index (χ2n) is 18.2. The van der Waals surface area contributed by atoms with Gasteiger partial charge in [0.1, 0.15) is 6.04 Å². The molecule has 22 nitrogen and oxygen atoms in total. The Balaban J connectivity index is 0.0000148. The number of aliphatic carboxylic acids is 4. The molecule has 1 fully saturated rings. The van der Waals surface area contributed by atoms with Crippen molar-refractivity contribution in [1.82, 2.24) is 40.4 Å². The van der Waals surface area contributed by atoms with E-state index in [-0.39, 0.29) is 163 Å². The van der Waals surface area contributed by atoms with Gasteiger partial charge in [-0.15, -0.1) is 0 Å². The monoisotopic (exact) mass is 1240 g/mol. The minimum atomic E-state index is -1.20. The van der Waals surface area contributed by atoms with Crippen LogP contribution in [0.2, 0.25) is 0 Å². The number of Topliss-reactive ketones (excluding diaryl/α,β-unsaturated/α-hetero) is 1. The van der Waals surface area contributed by atoms with Crippen molar-refractivity contribution in [2.24, 2.45) is 0 Å². The Morgan fingerprint density at radius 1 is 0.653 bits per heavy atom. The molecule has 0 unspecified atom stereocenters. The summed E-state index contributed by atoms with van der Waals surface area (Å²) in [6, 6.07) is 10.5. The van der Waals surface area contributed by atoms with Crippen LogP contribution in [0.3, 0.4) is 0 Å². The number of carboxylic acids is 4. The van der Waals surface area contributed by atoms with Crippen LogP contribution in [0.5, 0.6) is 0 Å². The van der Waals surface area contributed by atoms with Crippen LogP contribution in [0.1, 0.15) is 66.9 Å². The molecule has 2 heterocycles. The molecule has 0 saturated carbocycles. The first-order valence-corrected chi connectivity index (χ1v) is 26.7.